The molecule has 2 aromatic rings. The van der Waals surface area contributed by atoms with Crippen LogP contribution in [-0.2, 0) is 21.2 Å². The average Bonchev–Trinajstić information content (AvgIpc) is 3.05. The van der Waals surface area contributed by atoms with E-state index in [9.17, 15) is 13.2 Å². The van der Waals surface area contributed by atoms with Crippen LogP contribution in [0, 0.1) is 0 Å². The minimum Gasteiger partial charge on any atom is -0.485 e. The number of amides is 1. The van der Waals surface area contributed by atoms with Crippen LogP contribution < -0.4 is 9.47 Å². The van der Waals surface area contributed by atoms with Gasteiger partial charge in [0.15, 0.2) is 21.3 Å². The molecule has 0 bridgehead atoms. The van der Waals surface area contributed by atoms with Crippen LogP contribution in [-0.4, -0.2) is 49.5 Å². The van der Waals surface area contributed by atoms with Crippen molar-refractivity contribution in [3.05, 3.63) is 60.2 Å². The summed E-state index contributed by atoms with van der Waals surface area (Å²) in [5.41, 5.74) is 0.951. The van der Waals surface area contributed by atoms with Gasteiger partial charge in [-0.2, -0.15) is 0 Å². The number of sulfone groups is 1. The monoisotopic (exact) mass is 387 g/mol. The summed E-state index contributed by atoms with van der Waals surface area (Å²) in [6, 6.07) is 16.4. The second-order valence-electron chi connectivity index (χ2n) is 6.87. The highest BCUT2D eigenvalue weighted by molar-refractivity contribution is 7.91. The van der Waals surface area contributed by atoms with Crippen LogP contribution >= 0.6 is 0 Å². The molecular formula is C20H21NO5S. The van der Waals surface area contributed by atoms with Gasteiger partial charge >= 0.3 is 0 Å². The predicted molar refractivity (Wildman–Crippen MR) is 100 cm³/mol. The summed E-state index contributed by atoms with van der Waals surface area (Å²) in [6.07, 6.45) is -0.336. The summed E-state index contributed by atoms with van der Waals surface area (Å²) in [5, 5.41) is 0. The van der Waals surface area contributed by atoms with E-state index in [4.69, 9.17) is 9.47 Å². The zero-order chi connectivity index (χ0) is 18.9. The van der Waals surface area contributed by atoms with Gasteiger partial charge in [-0.05, 0) is 24.1 Å². The van der Waals surface area contributed by atoms with E-state index in [-0.39, 0.29) is 30.1 Å². The van der Waals surface area contributed by atoms with Gasteiger partial charge in [-0.1, -0.05) is 42.5 Å². The number of hydrogen-bond acceptors (Lipinski definition) is 5. The second-order valence-corrected chi connectivity index (χ2v) is 9.10. The van der Waals surface area contributed by atoms with Crippen LogP contribution in [0.1, 0.15) is 12.0 Å². The fraction of sp³-hybridized carbons (Fsp3) is 0.350. The highest BCUT2D eigenvalue weighted by Gasteiger charge is 2.39. The quantitative estimate of drug-likeness (QED) is 0.803. The van der Waals surface area contributed by atoms with Crippen LogP contribution in [0.5, 0.6) is 11.5 Å². The van der Waals surface area contributed by atoms with Gasteiger partial charge in [0, 0.05) is 12.6 Å². The molecule has 0 aliphatic carbocycles. The Kier molecular flexibility index (Phi) is 4.78. The third kappa shape index (κ3) is 3.93. The van der Waals surface area contributed by atoms with Crippen molar-refractivity contribution in [2.75, 3.05) is 18.1 Å². The first-order chi connectivity index (χ1) is 13.0. The fourth-order valence-corrected chi connectivity index (χ4v) is 5.25. The number of fused-ring (bicyclic) bond motifs is 1. The van der Waals surface area contributed by atoms with Gasteiger partial charge in [0.05, 0.1) is 11.5 Å². The zero-order valence-electron chi connectivity index (χ0n) is 14.8. The van der Waals surface area contributed by atoms with E-state index in [0.717, 1.165) is 5.56 Å². The number of rotatable bonds is 4. The van der Waals surface area contributed by atoms with Crippen molar-refractivity contribution >= 4 is 15.7 Å². The van der Waals surface area contributed by atoms with Gasteiger partial charge in [-0.3, -0.25) is 4.79 Å². The molecule has 0 radical (unpaired) electrons. The van der Waals surface area contributed by atoms with E-state index >= 15 is 0 Å². The second kappa shape index (κ2) is 7.23. The number of para-hydroxylation sites is 2. The van der Waals surface area contributed by atoms with Gasteiger partial charge in [0.25, 0.3) is 5.91 Å². The Balaban J connectivity index is 1.57. The minimum atomic E-state index is -3.11. The summed E-state index contributed by atoms with van der Waals surface area (Å²) in [7, 11) is -3.11. The summed E-state index contributed by atoms with van der Waals surface area (Å²) in [4.78, 5) is 14.9. The Bertz CT molecular complexity index is 928. The molecule has 2 aliphatic heterocycles. The molecule has 2 aromatic carbocycles. The maximum absolute atomic E-state index is 13.2. The van der Waals surface area contributed by atoms with Crippen molar-refractivity contribution in [3.63, 3.8) is 0 Å². The molecule has 2 aliphatic rings. The Morgan fingerprint density at radius 1 is 1.04 bits per heavy atom. The standard InChI is InChI=1S/C20H21NO5S/c22-20(19-13-25-17-8-4-5-9-18(17)26-19)21(12-15-6-2-1-3-7-15)16-10-11-27(23,24)14-16/h1-9,16,19H,10-14H2/t16-,19+/m0/s1. The normalized spacial score (nSPS) is 23.0. The van der Waals surface area contributed by atoms with Crippen molar-refractivity contribution in [3.8, 4) is 11.5 Å². The summed E-state index contributed by atoms with van der Waals surface area (Å²) in [5.74, 6) is 1.01. The summed E-state index contributed by atoms with van der Waals surface area (Å²) >= 11 is 0. The molecule has 0 aromatic heterocycles. The van der Waals surface area contributed by atoms with Crippen LogP contribution in [0.3, 0.4) is 0 Å². The molecule has 1 amide bonds. The zero-order valence-corrected chi connectivity index (χ0v) is 15.6. The van der Waals surface area contributed by atoms with E-state index in [1.165, 1.54) is 0 Å². The van der Waals surface area contributed by atoms with E-state index in [1.54, 1.807) is 17.0 Å². The third-order valence-corrected chi connectivity index (χ3v) is 6.66. The first-order valence-electron chi connectivity index (χ1n) is 8.95. The van der Waals surface area contributed by atoms with Gasteiger partial charge in [-0.25, -0.2) is 8.42 Å². The molecule has 27 heavy (non-hydrogen) atoms. The molecule has 1 fully saturated rings. The number of nitrogens with zero attached hydrogens (tertiary/aromatic N) is 1. The van der Waals surface area contributed by atoms with Crippen LogP contribution in [0.2, 0.25) is 0 Å². The summed E-state index contributed by atoms with van der Waals surface area (Å²) in [6.45, 7) is 0.460. The Morgan fingerprint density at radius 2 is 1.74 bits per heavy atom. The molecule has 7 heteroatoms. The number of carbonyl (C=O) groups is 1. The highest BCUT2D eigenvalue weighted by atomic mass is 32.2. The minimum absolute atomic E-state index is 0.00423. The molecular weight excluding hydrogens is 366 g/mol. The van der Waals surface area contributed by atoms with Crippen molar-refractivity contribution < 1.29 is 22.7 Å². The molecule has 1 saturated heterocycles. The highest BCUT2D eigenvalue weighted by Crippen LogP contribution is 2.32. The van der Waals surface area contributed by atoms with Crippen molar-refractivity contribution in [1.82, 2.24) is 4.90 Å². The predicted octanol–water partition coefficient (Wildman–Crippen LogP) is 2.04. The maximum Gasteiger partial charge on any atom is 0.267 e. The molecule has 0 saturated carbocycles. The lowest BCUT2D eigenvalue weighted by Gasteiger charge is -2.34. The lowest BCUT2D eigenvalue weighted by molar-refractivity contribution is -0.143. The van der Waals surface area contributed by atoms with Crippen molar-refractivity contribution in [2.24, 2.45) is 0 Å². The Morgan fingerprint density at radius 3 is 2.44 bits per heavy atom. The largest absolute Gasteiger partial charge is 0.485 e. The maximum atomic E-state index is 13.2. The molecule has 4 rings (SSSR count). The number of carbonyl (C=O) groups excluding carboxylic acids is 1. The van der Waals surface area contributed by atoms with E-state index < -0.39 is 15.9 Å². The fourth-order valence-electron chi connectivity index (χ4n) is 3.51. The molecule has 0 N–H and O–H groups in total. The van der Waals surface area contributed by atoms with Gasteiger partial charge in [-0.15, -0.1) is 0 Å². The average molecular weight is 387 g/mol. The molecule has 0 spiro atoms. The van der Waals surface area contributed by atoms with Crippen molar-refractivity contribution in [2.45, 2.75) is 25.1 Å². The van der Waals surface area contributed by atoms with Crippen LogP contribution in [0.15, 0.2) is 54.6 Å². The van der Waals surface area contributed by atoms with E-state index in [1.807, 2.05) is 42.5 Å². The Hall–Kier alpha value is -2.54. The van der Waals surface area contributed by atoms with E-state index in [0.29, 0.717) is 24.5 Å². The van der Waals surface area contributed by atoms with Gasteiger partial charge in [0.2, 0.25) is 6.10 Å². The lowest BCUT2D eigenvalue weighted by Crippen LogP contribution is -2.50. The topological polar surface area (TPSA) is 72.9 Å². The third-order valence-electron chi connectivity index (χ3n) is 4.91. The first kappa shape index (κ1) is 17.9. The van der Waals surface area contributed by atoms with Crippen molar-refractivity contribution in [1.29, 1.82) is 0 Å². The lowest BCUT2D eigenvalue weighted by atomic mass is 10.1. The molecule has 0 unspecified atom stereocenters. The summed E-state index contributed by atoms with van der Waals surface area (Å²) < 4.78 is 35.5. The van der Waals surface area contributed by atoms with Crippen LogP contribution in [0.4, 0.5) is 0 Å². The van der Waals surface area contributed by atoms with Gasteiger partial charge < -0.3 is 14.4 Å². The smallest absolute Gasteiger partial charge is 0.267 e. The Labute approximate surface area is 158 Å². The molecule has 2 heterocycles. The molecule has 142 valence electrons. The van der Waals surface area contributed by atoms with Crippen LogP contribution in [0.25, 0.3) is 0 Å². The first-order valence-corrected chi connectivity index (χ1v) is 10.8. The number of hydrogen-bond donors (Lipinski definition) is 0. The molecule has 2 atom stereocenters. The van der Waals surface area contributed by atoms with E-state index in [2.05, 4.69) is 0 Å². The number of ether oxygens (including phenoxy) is 2. The van der Waals surface area contributed by atoms with Gasteiger partial charge in [0.1, 0.15) is 6.61 Å². The number of benzene rings is 2. The molecule has 6 nitrogen and oxygen atoms in total. The SMILES string of the molecule is O=C([C@H]1COc2ccccc2O1)N(Cc1ccccc1)[C@H]1CCS(=O)(=O)C1.